The average molecular weight is 366 g/mol. The number of rotatable bonds is 7. The number of ketones is 1. The Labute approximate surface area is 156 Å². The van der Waals surface area contributed by atoms with Crippen LogP contribution in [0.1, 0.15) is 39.3 Å². The molecule has 3 aromatic rings. The number of aryl methyl sites for hydroxylation is 1. The topological polar surface area (TPSA) is 61.2 Å². The molecule has 1 heterocycles. The highest BCUT2D eigenvalue weighted by Crippen LogP contribution is 2.13. The molecule has 0 aliphatic heterocycles. The van der Waals surface area contributed by atoms with Crippen molar-refractivity contribution in [1.29, 1.82) is 0 Å². The van der Waals surface area contributed by atoms with Crippen LogP contribution in [0.4, 0.5) is 4.39 Å². The highest BCUT2D eigenvalue weighted by atomic mass is 19.1. The van der Waals surface area contributed by atoms with Gasteiger partial charge in [-0.2, -0.15) is 5.10 Å². The molecule has 2 aromatic carbocycles. The average Bonchev–Trinajstić information content (AvgIpc) is 3.11. The molecular weight excluding hydrogens is 347 g/mol. The number of aromatic nitrogens is 2. The van der Waals surface area contributed by atoms with Gasteiger partial charge in [-0.25, -0.2) is 13.9 Å². The van der Waals surface area contributed by atoms with E-state index in [2.05, 4.69) is 5.10 Å². The van der Waals surface area contributed by atoms with Crippen molar-refractivity contribution >= 4 is 11.8 Å². The summed E-state index contributed by atoms with van der Waals surface area (Å²) < 4.78 is 19.8. The second-order valence-corrected chi connectivity index (χ2v) is 6.10. The largest absolute Gasteiger partial charge is 0.462 e. The van der Waals surface area contributed by atoms with Gasteiger partial charge < -0.3 is 4.74 Å². The van der Waals surface area contributed by atoms with E-state index < -0.39 is 5.97 Å². The third-order valence-electron chi connectivity index (χ3n) is 4.13. The van der Waals surface area contributed by atoms with E-state index in [-0.39, 0.29) is 24.6 Å². The molecule has 0 amide bonds. The third kappa shape index (κ3) is 4.67. The van der Waals surface area contributed by atoms with Gasteiger partial charge in [0.15, 0.2) is 5.78 Å². The molecule has 0 aliphatic rings. The van der Waals surface area contributed by atoms with E-state index in [4.69, 9.17) is 4.74 Å². The molecule has 3 rings (SSSR count). The molecule has 27 heavy (non-hydrogen) atoms. The first-order valence-electron chi connectivity index (χ1n) is 8.61. The van der Waals surface area contributed by atoms with E-state index in [1.807, 2.05) is 13.0 Å². The van der Waals surface area contributed by atoms with Crippen LogP contribution in [-0.2, 0) is 4.74 Å². The Morgan fingerprint density at radius 1 is 1.00 bits per heavy atom. The monoisotopic (exact) mass is 366 g/mol. The lowest BCUT2D eigenvalue weighted by molar-refractivity contribution is 0.0494. The molecule has 5 nitrogen and oxygen atoms in total. The molecule has 0 spiro atoms. The summed E-state index contributed by atoms with van der Waals surface area (Å²) in [6.07, 6.45) is 2.35. The minimum Gasteiger partial charge on any atom is -0.462 e. The lowest BCUT2D eigenvalue weighted by Crippen LogP contribution is -2.08. The fraction of sp³-hybridized carbons (Fsp3) is 0.190. The van der Waals surface area contributed by atoms with Gasteiger partial charge in [-0.1, -0.05) is 0 Å². The van der Waals surface area contributed by atoms with Gasteiger partial charge in [0.25, 0.3) is 0 Å². The van der Waals surface area contributed by atoms with Crippen molar-refractivity contribution < 1.29 is 18.7 Å². The summed E-state index contributed by atoms with van der Waals surface area (Å²) >= 11 is 0. The maximum absolute atomic E-state index is 12.9. The molecule has 0 radical (unpaired) electrons. The van der Waals surface area contributed by atoms with Crippen LogP contribution in [0.2, 0.25) is 0 Å². The maximum Gasteiger partial charge on any atom is 0.338 e. The predicted molar refractivity (Wildman–Crippen MR) is 98.5 cm³/mol. The molecule has 0 saturated heterocycles. The standard InChI is InChI=1S/C21H19FN2O3/c1-15-12-13-23-24(15)19-10-6-17(7-11-19)21(26)27-14-2-3-20(25)16-4-8-18(22)9-5-16/h4-13H,2-3,14H2,1H3. The van der Waals surface area contributed by atoms with Gasteiger partial charge in [-0.15, -0.1) is 0 Å². The van der Waals surface area contributed by atoms with E-state index >= 15 is 0 Å². The molecule has 0 bridgehead atoms. The van der Waals surface area contributed by atoms with E-state index in [9.17, 15) is 14.0 Å². The summed E-state index contributed by atoms with van der Waals surface area (Å²) in [6, 6.07) is 14.3. The SMILES string of the molecule is Cc1ccnn1-c1ccc(C(=O)OCCCC(=O)c2ccc(F)cc2)cc1. The van der Waals surface area contributed by atoms with Crippen LogP contribution >= 0.6 is 0 Å². The fourth-order valence-electron chi connectivity index (χ4n) is 2.64. The van der Waals surface area contributed by atoms with Crippen molar-refractivity contribution in [3.63, 3.8) is 0 Å². The van der Waals surface area contributed by atoms with Crippen LogP contribution in [0.15, 0.2) is 60.8 Å². The quantitative estimate of drug-likeness (QED) is 0.358. The van der Waals surface area contributed by atoms with Crippen molar-refractivity contribution in [1.82, 2.24) is 9.78 Å². The Kier molecular flexibility index (Phi) is 5.76. The highest BCUT2D eigenvalue weighted by Gasteiger charge is 2.10. The molecule has 0 N–H and O–H groups in total. The number of carbonyl (C=O) groups excluding carboxylic acids is 2. The summed E-state index contributed by atoms with van der Waals surface area (Å²) in [5, 5.41) is 4.22. The van der Waals surface area contributed by atoms with Crippen molar-refractivity contribution in [3.05, 3.63) is 83.4 Å². The number of ether oxygens (including phenoxy) is 1. The number of Topliss-reactive ketones (excluding diaryl/α,β-unsaturated/α-hetero) is 1. The second kappa shape index (κ2) is 8.40. The molecule has 6 heteroatoms. The minimum atomic E-state index is -0.437. The molecule has 138 valence electrons. The van der Waals surface area contributed by atoms with Crippen molar-refractivity contribution in [2.45, 2.75) is 19.8 Å². The van der Waals surface area contributed by atoms with E-state index in [1.165, 1.54) is 24.3 Å². The Balaban J connectivity index is 1.47. The van der Waals surface area contributed by atoms with Crippen LogP contribution in [0.5, 0.6) is 0 Å². The van der Waals surface area contributed by atoms with Crippen LogP contribution in [-0.4, -0.2) is 28.1 Å². The number of benzene rings is 2. The van der Waals surface area contributed by atoms with E-state index in [1.54, 1.807) is 35.1 Å². The number of nitrogens with zero attached hydrogens (tertiary/aromatic N) is 2. The molecule has 0 aliphatic carbocycles. The fourth-order valence-corrected chi connectivity index (χ4v) is 2.64. The second-order valence-electron chi connectivity index (χ2n) is 6.10. The predicted octanol–water partition coefficient (Wildman–Crippen LogP) is 4.14. The Bertz CT molecular complexity index is 931. The number of hydrogen-bond donors (Lipinski definition) is 0. The van der Waals surface area contributed by atoms with Crippen molar-refractivity contribution in [2.75, 3.05) is 6.61 Å². The van der Waals surface area contributed by atoms with Gasteiger partial charge in [0.1, 0.15) is 5.82 Å². The van der Waals surface area contributed by atoms with Gasteiger partial charge in [-0.3, -0.25) is 4.79 Å². The van der Waals surface area contributed by atoms with Crippen LogP contribution < -0.4 is 0 Å². The third-order valence-corrected chi connectivity index (χ3v) is 4.13. The summed E-state index contributed by atoms with van der Waals surface area (Å²) in [4.78, 5) is 24.1. The Morgan fingerprint density at radius 2 is 1.67 bits per heavy atom. The molecule has 0 saturated carbocycles. The molecule has 0 fully saturated rings. The zero-order valence-corrected chi connectivity index (χ0v) is 14.9. The summed E-state index contributed by atoms with van der Waals surface area (Å²) in [6.45, 7) is 2.09. The number of halogens is 1. The molecule has 0 unspecified atom stereocenters. The summed E-state index contributed by atoms with van der Waals surface area (Å²) in [7, 11) is 0. The molecule has 0 atom stereocenters. The number of carbonyl (C=O) groups is 2. The van der Waals surface area contributed by atoms with Gasteiger partial charge in [-0.05, 0) is 67.9 Å². The van der Waals surface area contributed by atoms with E-state index in [0.29, 0.717) is 17.5 Å². The molecular formula is C21H19FN2O3. The molecule has 1 aromatic heterocycles. The van der Waals surface area contributed by atoms with Crippen molar-refractivity contribution in [2.24, 2.45) is 0 Å². The Hall–Kier alpha value is -3.28. The van der Waals surface area contributed by atoms with Gasteiger partial charge in [0.2, 0.25) is 0 Å². The first-order valence-corrected chi connectivity index (χ1v) is 8.61. The maximum atomic E-state index is 12.9. The first-order chi connectivity index (χ1) is 13.0. The van der Waals surface area contributed by atoms with Gasteiger partial charge >= 0.3 is 5.97 Å². The van der Waals surface area contributed by atoms with Gasteiger partial charge in [0.05, 0.1) is 17.9 Å². The van der Waals surface area contributed by atoms with Crippen molar-refractivity contribution in [3.8, 4) is 5.69 Å². The van der Waals surface area contributed by atoms with Gasteiger partial charge in [0, 0.05) is 23.9 Å². The highest BCUT2D eigenvalue weighted by molar-refractivity contribution is 5.96. The summed E-state index contributed by atoms with van der Waals surface area (Å²) in [5.74, 6) is -0.924. The lowest BCUT2D eigenvalue weighted by Gasteiger charge is -2.07. The number of esters is 1. The van der Waals surface area contributed by atoms with E-state index in [0.717, 1.165) is 11.4 Å². The smallest absolute Gasteiger partial charge is 0.338 e. The normalized spacial score (nSPS) is 10.6. The summed E-state index contributed by atoms with van der Waals surface area (Å²) in [5.41, 5.74) is 2.75. The lowest BCUT2D eigenvalue weighted by atomic mass is 10.1. The zero-order valence-electron chi connectivity index (χ0n) is 14.9. The van der Waals surface area contributed by atoms with Crippen LogP contribution in [0.3, 0.4) is 0 Å². The minimum absolute atomic E-state index is 0.106. The zero-order chi connectivity index (χ0) is 19.2. The number of hydrogen-bond acceptors (Lipinski definition) is 4. The van der Waals surface area contributed by atoms with Crippen LogP contribution in [0, 0.1) is 12.7 Å². The Morgan fingerprint density at radius 3 is 2.30 bits per heavy atom. The van der Waals surface area contributed by atoms with Crippen LogP contribution in [0.25, 0.3) is 5.69 Å². The first kappa shape index (κ1) is 18.5.